The SMILES string of the molecule is CC(C)(CCN)CCCN1CCS(=O)(=O)CC1. The first kappa shape index (κ1) is 14.9. The molecule has 0 amide bonds. The zero-order chi connectivity index (χ0) is 12.9. The van der Waals surface area contributed by atoms with E-state index in [-0.39, 0.29) is 0 Å². The molecule has 0 radical (unpaired) electrons. The summed E-state index contributed by atoms with van der Waals surface area (Å²) >= 11 is 0. The van der Waals surface area contributed by atoms with Gasteiger partial charge in [0, 0.05) is 13.1 Å². The molecule has 1 aliphatic rings. The summed E-state index contributed by atoms with van der Waals surface area (Å²) in [5.74, 6) is 0.665. The minimum atomic E-state index is -2.74. The van der Waals surface area contributed by atoms with Crippen molar-refractivity contribution in [2.24, 2.45) is 11.1 Å². The minimum absolute atomic E-state index is 0.316. The van der Waals surface area contributed by atoms with Crippen LogP contribution in [0.5, 0.6) is 0 Å². The summed E-state index contributed by atoms with van der Waals surface area (Å²) in [7, 11) is -2.74. The fourth-order valence-electron chi connectivity index (χ4n) is 2.27. The summed E-state index contributed by atoms with van der Waals surface area (Å²) in [5, 5.41) is 0. The van der Waals surface area contributed by atoms with Crippen LogP contribution in [0.2, 0.25) is 0 Å². The van der Waals surface area contributed by atoms with E-state index in [1.54, 1.807) is 0 Å². The average Bonchev–Trinajstić information content (AvgIpc) is 2.20. The predicted octanol–water partition coefficient (Wildman–Crippen LogP) is 0.872. The third-order valence-electron chi connectivity index (χ3n) is 3.59. The molecule has 0 aliphatic carbocycles. The molecule has 0 aromatic rings. The molecule has 0 unspecified atom stereocenters. The number of nitrogens with zero attached hydrogens (tertiary/aromatic N) is 1. The molecule has 102 valence electrons. The van der Waals surface area contributed by atoms with Gasteiger partial charge in [-0.1, -0.05) is 13.8 Å². The second-order valence-corrected chi connectivity index (χ2v) is 8.10. The molecule has 1 fully saturated rings. The monoisotopic (exact) mass is 262 g/mol. The molecule has 5 heteroatoms. The van der Waals surface area contributed by atoms with Gasteiger partial charge in [-0.15, -0.1) is 0 Å². The Hall–Kier alpha value is -0.130. The van der Waals surface area contributed by atoms with Gasteiger partial charge in [-0.05, 0) is 37.8 Å². The molecule has 0 aromatic heterocycles. The van der Waals surface area contributed by atoms with Crippen molar-refractivity contribution in [3.05, 3.63) is 0 Å². The molecule has 4 nitrogen and oxygen atoms in total. The molecule has 0 atom stereocenters. The predicted molar refractivity (Wildman–Crippen MR) is 71.8 cm³/mol. The van der Waals surface area contributed by atoms with Crippen LogP contribution in [-0.2, 0) is 9.84 Å². The molecule has 1 heterocycles. The van der Waals surface area contributed by atoms with Crippen LogP contribution >= 0.6 is 0 Å². The summed E-state index contributed by atoms with van der Waals surface area (Å²) < 4.78 is 22.5. The second kappa shape index (κ2) is 6.16. The van der Waals surface area contributed by atoms with Gasteiger partial charge in [0.25, 0.3) is 0 Å². The lowest BCUT2D eigenvalue weighted by Crippen LogP contribution is -2.40. The van der Waals surface area contributed by atoms with Gasteiger partial charge in [-0.3, -0.25) is 0 Å². The van der Waals surface area contributed by atoms with Crippen LogP contribution in [0.15, 0.2) is 0 Å². The first-order chi connectivity index (χ1) is 7.85. The molecule has 0 saturated carbocycles. The van der Waals surface area contributed by atoms with Gasteiger partial charge in [-0.2, -0.15) is 0 Å². The second-order valence-electron chi connectivity index (χ2n) is 5.80. The van der Waals surface area contributed by atoms with Crippen LogP contribution in [0.3, 0.4) is 0 Å². The standard InChI is InChI=1S/C12H26N2O2S/c1-12(2,5-6-13)4-3-7-14-8-10-17(15,16)11-9-14/h3-11,13H2,1-2H3. The highest BCUT2D eigenvalue weighted by molar-refractivity contribution is 7.91. The minimum Gasteiger partial charge on any atom is -0.330 e. The van der Waals surface area contributed by atoms with Gasteiger partial charge in [0.1, 0.15) is 0 Å². The van der Waals surface area contributed by atoms with Crippen LogP contribution in [-0.4, -0.2) is 51.0 Å². The fourth-order valence-corrected chi connectivity index (χ4v) is 3.55. The number of nitrogens with two attached hydrogens (primary N) is 1. The molecular formula is C12H26N2O2S. The van der Waals surface area contributed by atoms with Crippen LogP contribution < -0.4 is 5.73 Å². The maximum Gasteiger partial charge on any atom is 0.152 e. The van der Waals surface area contributed by atoms with Gasteiger partial charge in [-0.25, -0.2) is 8.42 Å². The molecular weight excluding hydrogens is 236 g/mol. The highest BCUT2D eigenvalue weighted by Crippen LogP contribution is 2.26. The Labute approximate surface area is 105 Å². The van der Waals surface area contributed by atoms with Crippen molar-refractivity contribution in [1.82, 2.24) is 4.90 Å². The third kappa shape index (κ3) is 5.84. The van der Waals surface area contributed by atoms with E-state index in [1.165, 1.54) is 0 Å². The summed E-state index contributed by atoms with van der Waals surface area (Å²) in [5.41, 5.74) is 5.90. The van der Waals surface area contributed by atoms with Gasteiger partial charge in [0.05, 0.1) is 11.5 Å². The van der Waals surface area contributed by atoms with Crippen LogP contribution in [0.4, 0.5) is 0 Å². The Morgan fingerprint density at radius 3 is 2.29 bits per heavy atom. The average molecular weight is 262 g/mol. The van der Waals surface area contributed by atoms with E-state index in [0.717, 1.165) is 32.4 Å². The Bertz CT molecular complexity index is 311. The van der Waals surface area contributed by atoms with E-state index < -0.39 is 9.84 Å². The van der Waals surface area contributed by atoms with Gasteiger partial charge in [0.2, 0.25) is 0 Å². The number of hydrogen-bond acceptors (Lipinski definition) is 4. The third-order valence-corrected chi connectivity index (χ3v) is 5.20. The first-order valence-corrected chi connectivity index (χ1v) is 8.30. The van der Waals surface area contributed by atoms with Crippen LogP contribution in [0, 0.1) is 5.41 Å². The van der Waals surface area contributed by atoms with Crippen molar-refractivity contribution in [3.63, 3.8) is 0 Å². The first-order valence-electron chi connectivity index (χ1n) is 6.47. The van der Waals surface area contributed by atoms with Crippen molar-refractivity contribution >= 4 is 9.84 Å². The molecule has 2 N–H and O–H groups in total. The Balaban J connectivity index is 2.20. The maximum atomic E-state index is 11.3. The molecule has 0 bridgehead atoms. The zero-order valence-electron chi connectivity index (χ0n) is 11.1. The smallest absolute Gasteiger partial charge is 0.152 e. The van der Waals surface area contributed by atoms with Gasteiger partial charge in [0.15, 0.2) is 9.84 Å². The molecule has 0 aromatic carbocycles. The number of rotatable bonds is 6. The molecule has 1 rings (SSSR count). The summed E-state index contributed by atoms with van der Waals surface area (Å²) in [4.78, 5) is 2.26. The number of hydrogen-bond donors (Lipinski definition) is 1. The van der Waals surface area contributed by atoms with Gasteiger partial charge < -0.3 is 10.6 Å². The molecule has 17 heavy (non-hydrogen) atoms. The Morgan fingerprint density at radius 2 is 1.76 bits per heavy atom. The highest BCUT2D eigenvalue weighted by Gasteiger charge is 2.22. The van der Waals surface area contributed by atoms with Gasteiger partial charge >= 0.3 is 0 Å². The molecule has 1 saturated heterocycles. The van der Waals surface area contributed by atoms with Crippen molar-refractivity contribution in [2.75, 3.05) is 37.7 Å². The summed E-state index contributed by atoms with van der Waals surface area (Å²) in [6.45, 7) is 7.68. The van der Waals surface area contributed by atoms with E-state index in [4.69, 9.17) is 5.73 Å². The van der Waals surface area contributed by atoms with Crippen molar-refractivity contribution in [2.45, 2.75) is 33.1 Å². The Morgan fingerprint density at radius 1 is 1.18 bits per heavy atom. The van der Waals surface area contributed by atoms with Crippen molar-refractivity contribution < 1.29 is 8.42 Å². The quantitative estimate of drug-likeness (QED) is 0.771. The normalized spacial score (nSPS) is 21.6. The highest BCUT2D eigenvalue weighted by atomic mass is 32.2. The summed E-state index contributed by atoms with van der Waals surface area (Å²) in [6, 6.07) is 0. The lowest BCUT2D eigenvalue weighted by atomic mass is 9.84. The van der Waals surface area contributed by atoms with E-state index >= 15 is 0 Å². The maximum absolute atomic E-state index is 11.3. The van der Waals surface area contributed by atoms with E-state index in [2.05, 4.69) is 18.7 Å². The molecule has 0 spiro atoms. The Kier molecular flexibility index (Phi) is 5.41. The zero-order valence-corrected chi connectivity index (χ0v) is 11.9. The fraction of sp³-hybridized carbons (Fsp3) is 1.00. The van der Waals surface area contributed by atoms with Crippen molar-refractivity contribution in [1.29, 1.82) is 0 Å². The van der Waals surface area contributed by atoms with Crippen LogP contribution in [0.1, 0.15) is 33.1 Å². The molecule has 1 aliphatic heterocycles. The van der Waals surface area contributed by atoms with Crippen LogP contribution in [0.25, 0.3) is 0 Å². The largest absolute Gasteiger partial charge is 0.330 e. The van der Waals surface area contributed by atoms with Crippen molar-refractivity contribution in [3.8, 4) is 0 Å². The van der Waals surface area contributed by atoms with E-state index in [0.29, 0.717) is 30.0 Å². The lowest BCUT2D eigenvalue weighted by Gasteiger charge is -2.29. The van der Waals surface area contributed by atoms with E-state index in [1.807, 2.05) is 0 Å². The lowest BCUT2D eigenvalue weighted by molar-refractivity contribution is 0.246. The van der Waals surface area contributed by atoms with E-state index in [9.17, 15) is 8.42 Å². The topological polar surface area (TPSA) is 63.4 Å². The number of sulfone groups is 1. The summed E-state index contributed by atoms with van der Waals surface area (Å²) in [6.07, 6.45) is 3.35.